The largest absolute Gasteiger partial charge is 0.489 e. The van der Waals surface area contributed by atoms with Crippen molar-refractivity contribution in [2.75, 3.05) is 26.2 Å². The number of ether oxygens (including phenoxy) is 1. The van der Waals surface area contributed by atoms with E-state index in [4.69, 9.17) is 9.53 Å². The van der Waals surface area contributed by atoms with Crippen molar-refractivity contribution in [3.8, 4) is 0 Å². The maximum absolute atomic E-state index is 13.2. The molecule has 0 saturated carbocycles. The lowest BCUT2D eigenvalue weighted by Gasteiger charge is -2.35. The van der Waals surface area contributed by atoms with Gasteiger partial charge in [-0.15, -0.1) is 0 Å². The second-order valence-corrected chi connectivity index (χ2v) is 10.2. The van der Waals surface area contributed by atoms with Crippen LogP contribution in [0.3, 0.4) is 0 Å². The number of aromatic nitrogens is 3. The normalized spacial score (nSPS) is 19.4. The lowest BCUT2D eigenvalue weighted by Crippen LogP contribution is -2.53. The Labute approximate surface area is 234 Å². The number of amides is 2. The molecule has 1 fully saturated rings. The summed E-state index contributed by atoms with van der Waals surface area (Å²) in [6.45, 7) is 12.9. The number of rotatable bonds is 8. The standard InChI is InChI=1S/C28H35N7O3.CH2O/c1-18(2)26(28(37)34-11-6-12-34)29-16-21-14-23(33-25-9-10-31-35(21)25)27(36)30-15-20-7-4-5-8-24-22(13-20)32-19(3)17-38-24;1-2/h4-5,9-10,13-14,18,26,29,32H,3,6-8,11-12,15-17H2,1-2H3,(H,30,36);1H2/b5-4-,20-13+;. The molecule has 2 aliphatic heterocycles. The number of nitrogens with zero attached hydrogens (tertiary/aromatic N) is 4. The molecule has 3 N–H and O–H groups in total. The monoisotopic (exact) mass is 547 g/mol. The fraction of sp³-hybridized carbons (Fsp3) is 0.414. The third-order valence-corrected chi connectivity index (χ3v) is 6.98. The number of hydrogen-bond donors (Lipinski definition) is 3. The summed E-state index contributed by atoms with van der Waals surface area (Å²) in [5.41, 5.74) is 4.36. The van der Waals surface area contributed by atoms with Crippen molar-refractivity contribution in [3.63, 3.8) is 0 Å². The zero-order valence-corrected chi connectivity index (χ0v) is 23.1. The van der Waals surface area contributed by atoms with Crippen LogP contribution in [0.25, 0.3) is 5.65 Å². The highest BCUT2D eigenvalue weighted by atomic mass is 16.5. The SMILES string of the molecule is C=C1COC2=C(/C=C(/CNC(=O)c3cc(CNC(C(=O)N4CCC4)C(C)C)n4nccc4n3)C/C=C\C2)N1.C=O. The van der Waals surface area contributed by atoms with E-state index in [1.54, 1.807) is 22.8 Å². The van der Waals surface area contributed by atoms with Crippen molar-refractivity contribution in [1.82, 2.24) is 35.4 Å². The van der Waals surface area contributed by atoms with Crippen LogP contribution in [0.4, 0.5) is 0 Å². The van der Waals surface area contributed by atoms with Gasteiger partial charge in [0, 0.05) is 44.4 Å². The Balaban J connectivity index is 0.00000181. The van der Waals surface area contributed by atoms with Gasteiger partial charge in [0.15, 0.2) is 5.65 Å². The third kappa shape index (κ3) is 6.66. The molecule has 4 heterocycles. The van der Waals surface area contributed by atoms with Gasteiger partial charge >= 0.3 is 0 Å². The van der Waals surface area contributed by atoms with Crippen molar-refractivity contribution in [2.24, 2.45) is 5.92 Å². The van der Waals surface area contributed by atoms with E-state index in [9.17, 15) is 9.59 Å². The summed E-state index contributed by atoms with van der Waals surface area (Å²) in [5.74, 6) is 0.847. The maximum atomic E-state index is 13.2. The van der Waals surface area contributed by atoms with Crippen LogP contribution in [0, 0.1) is 5.92 Å². The fourth-order valence-corrected chi connectivity index (χ4v) is 4.70. The molecule has 1 aliphatic carbocycles. The molecule has 2 aromatic rings. The number of fused-ring (bicyclic) bond motifs is 1. The Morgan fingerprint density at radius 3 is 2.67 bits per heavy atom. The van der Waals surface area contributed by atoms with E-state index in [0.717, 1.165) is 60.8 Å². The first-order chi connectivity index (χ1) is 19.4. The van der Waals surface area contributed by atoms with Crippen LogP contribution in [-0.4, -0.2) is 70.4 Å². The molecule has 11 heteroatoms. The Morgan fingerprint density at radius 2 is 1.95 bits per heavy atom. The second kappa shape index (κ2) is 13.2. The minimum atomic E-state index is -0.307. The van der Waals surface area contributed by atoms with Crippen LogP contribution in [-0.2, 0) is 20.9 Å². The quantitative estimate of drug-likeness (QED) is 0.429. The van der Waals surface area contributed by atoms with Gasteiger partial charge in [-0.05, 0) is 36.5 Å². The molecule has 5 rings (SSSR count). The number of carbonyl (C=O) groups is 3. The molecule has 1 saturated heterocycles. The van der Waals surface area contributed by atoms with E-state index < -0.39 is 0 Å². The number of nitrogens with one attached hydrogen (secondary N) is 3. The zero-order valence-electron chi connectivity index (χ0n) is 23.1. The van der Waals surface area contributed by atoms with Gasteiger partial charge in [0.2, 0.25) is 5.91 Å². The van der Waals surface area contributed by atoms with E-state index in [2.05, 4.69) is 44.8 Å². The molecule has 3 aliphatic rings. The smallest absolute Gasteiger partial charge is 0.270 e. The van der Waals surface area contributed by atoms with Gasteiger partial charge < -0.3 is 25.1 Å². The highest BCUT2D eigenvalue weighted by Gasteiger charge is 2.30. The van der Waals surface area contributed by atoms with E-state index in [1.165, 1.54) is 0 Å². The molecule has 0 spiro atoms. The van der Waals surface area contributed by atoms with Gasteiger partial charge in [0.05, 0.1) is 23.6 Å². The number of carbonyl (C=O) groups excluding carboxylic acids is 3. The first kappa shape index (κ1) is 28.8. The molecule has 0 aromatic carbocycles. The highest BCUT2D eigenvalue weighted by molar-refractivity contribution is 5.93. The Bertz CT molecular complexity index is 1350. The molecule has 11 nitrogen and oxygen atoms in total. The van der Waals surface area contributed by atoms with E-state index in [1.807, 2.05) is 31.6 Å². The molecule has 0 bridgehead atoms. The van der Waals surface area contributed by atoms with Crippen molar-refractivity contribution in [1.29, 1.82) is 0 Å². The van der Waals surface area contributed by atoms with Gasteiger partial charge in [-0.25, -0.2) is 9.50 Å². The summed E-state index contributed by atoms with van der Waals surface area (Å²) in [6.07, 6.45) is 10.3. The molecule has 40 heavy (non-hydrogen) atoms. The third-order valence-electron chi connectivity index (χ3n) is 6.98. The Morgan fingerprint density at radius 1 is 1.18 bits per heavy atom. The average molecular weight is 548 g/mol. The minimum Gasteiger partial charge on any atom is -0.489 e. The number of hydrogen-bond acceptors (Lipinski definition) is 8. The Kier molecular flexibility index (Phi) is 9.49. The van der Waals surface area contributed by atoms with Crippen molar-refractivity contribution in [2.45, 2.75) is 45.7 Å². The van der Waals surface area contributed by atoms with Crippen LogP contribution in [0.15, 0.2) is 65.9 Å². The summed E-state index contributed by atoms with van der Waals surface area (Å²) in [5, 5.41) is 14.1. The Hall–Kier alpha value is -4.25. The van der Waals surface area contributed by atoms with Crippen molar-refractivity contribution < 1.29 is 19.1 Å². The van der Waals surface area contributed by atoms with Crippen LogP contribution in [0.5, 0.6) is 0 Å². The summed E-state index contributed by atoms with van der Waals surface area (Å²) in [7, 11) is 0. The van der Waals surface area contributed by atoms with Gasteiger partial charge in [-0.2, -0.15) is 5.10 Å². The first-order valence-electron chi connectivity index (χ1n) is 13.5. The topological polar surface area (TPSA) is 130 Å². The predicted molar refractivity (Wildman–Crippen MR) is 151 cm³/mol. The zero-order chi connectivity index (χ0) is 28.6. The van der Waals surface area contributed by atoms with Gasteiger partial charge in [-0.3, -0.25) is 14.9 Å². The van der Waals surface area contributed by atoms with E-state index in [0.29, 0.717) is 31.0 Å². The molecule has 1 unspecified atom stereocenters. The summed E-state index contributed by atoms with van der Waals surface area (Å²) in [4.78, 5) is 40.5. The van der Waals surface area contributed by atoms with Crippen molar-refractivity contribution in [3.05, 3.63) is 77.3 Å². The van der Waals surface area contributed by atoms with Gasteiger partial charge in [0.1, 0.15) is 24.8 Å². The van der Waals surface area contributed by atoms with Gasteiger partial charge in [0.25, 0.3) is 5.91 Å². The molecule has 1 atom stereocenters. The van der Waals surface area contributed by atoms with E-state index in [-0.39, 0.29) is 23.8 Å². The lowest BCUT2D eigenvalue weighted by atomic mass is 10.0. The molecule has 0 radical (unpaired) electrons. The molecule has 2 aromatic heterocycles. The van der Waals surface area contributed by atoms with Crippen molar-refractivity contribution >= 4 is 24.3 Å². The minimum absolute atomic E-state index is 0.121. The lowest BCUT2D eigenvalue weighted by molar-refractivity contribution is -0.138. The number of likely N-dealkylation sites (tertiary alicyclic amines) is 1. The summed E-state index contributed by atoms with van der Waals surface area (Å²) < 4.78 is 7.50. The predicted octanol–water partition coefficient (Wildman–Crippen LogP) is 2.24. The number of allylic oxidation sites excluding steroid dienone is 3. The maximum Gasteiger partial charge on any atom is 0.270 e. The second-order valence-electron chi connectivity index (χ2n) is 10.2. The molecular formula is C29H37N7O4. The molecular weight excluding hydrogens is 510 g/mol. The van der Waals surface area contributed by atoms with E-state index >= 15 is 0 Å². The first-order valence-corrected chi connectivity index (χ1v) is 13.5. The van der Waals surface area contributed by atoms with Crippen LogP contribution in [0.2, 0.25) is 0 Å². The molecule has 2 amide bonds. The highest BCUT2D eigenvalue weighted by Crippen LogP contribution is 2.22. The summed E-state index contributed by atoms with van der Waals surface area (Å²) >= 11 is 0. The molecule has 212 valence electrons. The van der Waals surface area contributed by atoms with Gasteiger partial charge in [-0.1, -0.05) is 32.6 Å². The fourth-order valence-electron chi connectivity index (χ4n) is 4.70. The van der Waals surface area contributed by atoms with Crippen LogP contribution in [0.1, 0.15) is 49.3 Å². The summed E-state index contributed by atoms with van der Waals surface area (Å²) in [6, 6.07) is 3.20. The van der Waals surface area contributed by atoms with Crippen LogP contribution < -0.4 is 16.0 Å². The average Bonchev–Trinajstić information content (AvgIpc) is 3.38. The van der Waals surface area contributed by atoms with Crippen LogP contribution >= 0.6 is 0 Å².